The van der Waals surface area contributed by atoms with E-state index >= 15 is 0 Å². The number of ether oxygens (including phenoxy) is 1. The third kappa shape index (κ3) is 4.23. The number of aromatic amines is 1. The summed E-state index contributed by atoms with van der Waals surface area (Å²) in [6.07, 6.45) is 6.16. The van der Waals surface area contributed by atoms with Crippen LogP contribution in [-0.2, 0) is 28.8 Å². The maximum Gasteiger partial charge on any atom is 0.306 e. The summed E-state index contributed by atoms with van der Waals surface area (Å²) < 4.78 is 7.15. The van der Waals surface area contributed by atoms with Gasteiger partial charge in [0, 0.05) is 39.8 Å². The molecule has 5 rings (SSSR count). The molecule has 0 bridgehead atoms. The summed E-state index contributed by atoms with van der Waals surface area (Å²) in [5.74, 6) is -0.303. The van der Waals surface area contributed by atoms with Gasteiger partial charge in [-0.15, -0.1) is 22.7 Å². The molecular formula is C24H24N4O4S2. The first-order valence-corrected chi connectivity index (χ1v) is 12.9. The molecule has 0 atom stereocenters. The van der Waals surface area contributed by atoms with E-state index in [4.69, 9.17) is 4.74 Å². The first-order chi connectivity index (χ1) is 16.4. The lowest BCUT2D eigenvalue weighted by atomic mass is 9.97. The van der Waals surface area contributed by atoms with Gasteiger partial charge in [-0.2, -0.15) is 0 Å². The van der Waals surface area contributed by atoms with Gasteiger partial charge in [-0.05, 0) is 51.2 Å². The van der Waals surface area contributed by atoms with Crippen molar-refractivity contribution >= 4 is 44.6 Å². The minimum Gasteiger partial charge on any atom is -0.457 e. The van der Waals surface area contributed by atoms with Gasteiger partial charge in [0.25, 0.3) is 5.56 Å². The number of rotatable bonds is 7. The van der Waals surface area contributed by atoms with E-state index in [-0.39, 0.29) is 30.8 Å². The summed E-state index contributed by atoms with van der Waals surface area (Å²) in [6.45, 7) is 3.43. The zero-order chi connectivity index (χ0) is 23.8. The van der Waals surface area contributed by atoms with Gasteiger partial charge < -0.3 is 9.72 Å². The highest BCUT2D eigenvalue weighted by atomic mass is 32.1. The summed E-state index contributed by atoms with van der Waals surface area (Å²) in [5.41, 5.74) is 3.17. The molecule has 0 saturated heterocycles. The van der Waals surface area contributed by atoms with E-state index in [0.29, 0.717) is 16.8 Å². The van der Waals surface area contributed by atoms with Gasteiger partial charge in [-0.1, -0.05) is 0 Å². The molecule has 4 aromatic heterocycles. The van der Waals surface area contributed by atoms with Crippen LogP contribution in [0.4, 0.5) is 0 Å². The number of nitrogens with zero attached hydrogens (tertiary/aromatic N) is 3. The number of carbonyl (C=O) groups excluding carboxylic acids is 2. The predicted molar refractivity (Wildman–Crippen MR) is 131 cm³/mol. The van der Waals surface area contributed by atoms with E-state index in [1.54, 1.807) is 23.6 Å². The number of aryl methyl sites for hydroxylation is 4. The Hall–Kier alpha value is -3.11. The Kier molecular flexibility index (Phi) is 6.18. The molecule has 4 heterocycles. The number of thiophene rings is 1. The van der Waals surface area contributed by atoms with Crippen LogP contribution in [0.2, 0.25) is 0 Å². The average Bonchev–Trinajstić information content (AvgIpc) is 3.53. The van der Waals surface area contributed by atoms with Gasteiger partial charge in [0.2, 0.25) is 5.78 Å². The van der Waals surface area contributed by atoms with Crippen LogP contribution in [0.1, 0.15) is 57.3 Å². The van der Waals surface area contributed by atoms with E-state index in [1.165, 1.54) is 16.2 Å². The van der Waals surface area contributed by atoms with Crippen molar-refractivity contribution in [1.82, 2.24) is 19.5 Å². The number of carbonyl (C=O) groups is 2. The number of hydrogen-bond donors (Lipinski definition) is 1. The highest BCUT2D eigenvalue weighted by molar-refractivity contribution is 7.18. The van der Waals surface area contributed by atoms with Gasteiger partial charge in [-0.3, -0.25) is 19.0 Å². The minimum absolute atomic E-state index is 0.0327. The van der Waals surface area contributed by atoms with Crippen molar-refractivity contribution in [3.63, 3.8) is 0 Å². The number of hydrogen-bond acceptors (Lipinski definition) is 8. The minimum atomic E-state index is -0.504. The molecule has 4 aromatic rings. The lowest BCUT2D eigenvalue weighted by Crippen LogP contribution is -2.17. The molecule has 1 aliphatic carbocycles. The van der Waals surface area contributed by atoms with Gasteiger partial charge in [0.05, 0.1) is 11.8 Å². The first-order valence-electron chi connectivity index (χ1n) is 11.2. The second-order valence-corrected chi connectivity index (χ2v) is 10.4. The van der Waals surface area contributed by atoms with Crippen molar-refractivity contribution < 1.29 is 14.3 Å². The second kappa shape index (κ2) is 9.27. The number of Topliss-reactive ketones (excluding diaryl/α,β-unsaturated/α-hetero) is 1. The molecule has 0 radical (unpaired) electrons. The van der Waals surface area contributed by atoms with E-state index in [0.717, 1.165) is 52.6 Å². The summed E-state index contributed by atoms with van der Waals surface area (Å²) >= 11 is 3.07. The fourth-order valence-corrected chi connectivity index (χ4v) is 6.54. The fourth-order valence-electron chi connectivity index (χ4n) is 4.51. The number of fused-ring (bicyclic) bond motifs is 3. The number of thiazole rings is 1. The predicted octanol–water partition coefficient (Wildman–Crippen LogP) is 4.09. The van der Waals surface area contributed by atoms with E-state index in [1.807, 2.05) is 23.8 Å². The van der Waals surface area contributed by atoms with Crippen LogP contribution in [-0.4, -0.2) is 37.9 Å². The first kappa shape index (κ1) is 22.7. The molecule has 8 nitrogen and oxygen atoms in total. The molecular weight excluding hydrogens is 472 g/mol. The van der Waals surface area contributed by atoms with Crippen LogP contribution in [0.3, 0.4) is 0 Å². The Bertz CT molecular complexity index is 1450. The summed E-state index contributed by atoms with van der Waals surface area (Å²) in [5, 5.41) is 3.37. The van der Waals surface area contributed by atoms with E-state index in [2.05, 4.69) is 15.0 Å². The molecule has 34 heavy (non-hydrogen) atoms. The molecule has 0 fully saturated rings. The van der Waals surface area contributed by atoms with Gasteiger partial charge in [-0.25, -0.2) is 9.97 Å². The number of nitrogens with one attached hydrogen (secondary N) is 1. The van der Waals surface area contributed by atoms with Crippen LogP contribution in [0.15, 0.2) is 22.4 Å². The molecule has 1 N–H and O–H groups in total. The fraction of sp³-hybridized carbons (Fsp3) is 0.375. The highest BCUT2D eigenvalue weighted by Gasteiger charge is 2.21. The average molecular weight is 497 g/mol. The molecule has 0 saturated carbocycles. The molecule has 176 valence electrons. The normalized spacial score (nSPS) is 13.2. The van der Waals surface area contributed by atoms with E-state index in [9.17, 15) is 14.4 Å². The van der Waals surface area contributed by atoms with Gasteiger partial charge in [0.15, 0.2) is 11.7 Å². The molecule has 0 aromatic carbocycles. The Labute approximate surface area is 203 Å². The van der Waals surface area contributed by atoms with Gasteiger partial charge in [0.1, 0.15) is 10.7 Å². The number of ketones is 1. The third-order valence-electron chi connectivity index (χ3n) is 6.15. The Morgan fingerprint density at radius 2 is 2.06 bits per heavy atom. The van der Waals surface area contributed by atoms with Crippen molar-refractivity contribution in [2.45, 2.75) is 52.4 Å². The van der Waals surface area contributed by atoms with Crippen LogP contribution >= 0.6 is 22.7 Å². The highest BCUT2D eigenvalue weighted by Crippen LogP contribution is 2.33. The molecule has 0 amide bonds. The maximum absolute atomic E-state index is 12.7. The number of esters is 1. The molecule has 0 spiro atoms. The lowest BCUT2D eigenvalue weighted by Gasteiger charge is -2.09. The summed E-state index contributed by atoms with van der Waals surface area (Å²) in [7, 11) is 0. The van der Waals surface area contributed by atoms with Crippen LogP contribution in [0, 0.1) is 13.8 Å². The maximum atomic E-state index is 12.7. The number of H-pyrrole nitrogens is 1. The van der Waals surface area contributed by atoms with Crippen molar-refractivity contribution in [2.24, 2.45) is 0 Å². The van der Waals surface area contributed by atoms with Crippen molar-refractivity contribution in [3.05, 3.63) is 61.2 Å². The second-order valence-electron chi connectivity index (χ2n) is 8.42. The zero-order valence-electron chi connectivity index (χ0n) is 19.0. The molecule has 1 aliphatic rings. The Morgan fingerprint density at radius 3 is 2.85 bits per heavy atom. The standard InChI is InChI=1S/C24H24N4O4S2/c1-13-11-16(14(2)28(13)24-25-9-10-33-24)17(29)12-32-20(30)8-7-19-26-22(31)21-15-5-3-4-6-18(15)34-23(21)27-19/h9-11H,3-8,12H2,1-2H3,(H,26,27,31). The van der Waals surface area contributed by atoms with Crippen molar-refractivity contribution in [1.29, 1.82) is 0 Å². The largest absolute Gasteiger partial charge is 0.457 e. The lowest BCUT2D eigenvalue weighted by molar-refractivity contribution is -0.142. The molecule has 10 heteroatoms. The topological polar surface area (TPSA) is 107 Å². The van der Waals surface area contributed by atoms with Crippen LogP contribution in [0.25, 0.3) is 15.3 Å². The van der Waals surface area contributed by atoms with E-state index < -0.39 is 5.97 Å². The van der Waals surface area contributed by atoms with Crippen molar-refractivity contribution in [2.75, 3.05) is 6.61 Å². The third-order valence-corrected chi connectivity index (χ3v) is 8.09. The molecule has 0 aliphatic heterocycles. The molecule has 0 unspecified atom stereocenters. The zero-order valence-corrected chi connectivity index (χ0v) is 20.6. The smallest absolute Gasteiger partial charge is 0.306 e. The summed E-state index contributed by atoms with van der Waals surface area (Å²) in [4.78, 5) is 51.3. The Balaban J connectivity index is 1.21. The summed E-state index contributed by atoms with van der Waals surface area (Å²) in [6, 6.07) is 1.79. The van der Waals surface area contributed by atoms with Crippen LogP contribution < -0.4 is 5.56 Å². The monoisotopic (exact) mass is 496 g/mol. The van der Waals surface area contributed by atoms with Gasteiger partial charge >= 0.3 is 5.97 Å². The van der Waals surface area contributed by atoms with Crippen LogP contribution in [0.5, 0.6) is 0 Å². The SMILES string of the molecule is Cc1cc(C(=O)COC(=O)CCc2nc3sc4c(c3c(=O)[nH]2)CCCC4)c(C)n1-c1nccs1. The quantitative estimate of drug-likeness (QED) is 0.305. The van der Waals surface area contributed by atoms with Crippen molar-refractivity contribution in [3.8, 4) is 5.13 Å². The number of aromatic nitrogens is 4. The Morgan fingerprint density at radius 1 is 1.24 bits per heavy atom.